The third-order valence-electron chi connectivity index (χ3n) is 4.01. The fraction of sp³-hybridized carbons (Fsp3) is 0.176. The van der Waals surface area contributed by atoms with Crippen LogP contribution in [-0.4, -0.2) is 19.5 Å². The Morgan fingerprint density at radius 1 is 1.24 bits per heavy atom. The summed E-state index contributed by atoms with van der Waals surface area (Å²) in [6.45, 7) is 0.226. The van der Waals surface area contributed by atoms with Crippen LogP contribution in [0.4, 0.5) is 4.39 Å². The highest BCUT2D eigenvalue weighted by molar-refractivity contribution is 7.91. The minimum Gasteiger partial charge on any atom is -0.349 e. The van der Waals surface area contributed by atoms with E-state index in [-0.39, 0.29) is 16.3 Å². The van der Waals surface area contributed by atoms with Crippen molar-refractivity contribution in [2.45, 2.75) is 16.2 Å². The van der Waals surface area contributed by atoms with Crippen LogP contribution in [0.2, 0.25) is 0 Å². The Morgan fingerprint density at radius 2 is 2.00 bits per heavy atom. The first-order valence-corrected chi connectivity index (χ1v) is 9.02. The first kappa shape index (κ1) is 17.0. The molecule has 0 N–H and O–H groups in total. The van der Waals surface area contributed by atoms with Crippen molar-refractivity contribution in [3.8, 4) is 0 Å². The standard InChI is InChI=1S/C17H15FN4O2S/c1-22-11-16(25(23,24)14-6-3-5-13(18)10-14)17-12(8-9-20-21-19)4-2-7-15(17)22/h2-7,10-11H,8-9H2,1H3. The highest BCUT2D eigenvalue weighted by Crippen LogP contribution is 2.32. The minimum absolute atomic E-state index is 0.0927. The Kier molecular flexibility index (Phi) is 4.48. The van der Waals surface area contributed by atoms with Gasteiger partial charge in [0.05, 0.1) is 9.79 Å². The molecule has 3 aromatic rings. The summed E-state index contributed by atoms with van der Waals surface area (Å²) in [7, 11) is -2.13. The first-order chi connectivity index (χ1) is 11.9. The van der Waals surface area contributed by atoms with Crippen molar-refractivity contribution in [3.05, 3.63) is 70.5 Å². The van der Waals surface area contributed by atoms with Gasteiger partial charge in [0, 0.05) is 35.6 Å². The van der Waals surface area contributed by atoms with E-state index in [0.29, 0.717) is 11.8 Å². The lowest BCUT2D eigenvalue weighted by molar-refractivity contribution is 0.591. The maximum absolute atomic E-state index is 13.5. The summed E-state index contributed by atoms with van der Waals surface area (Å²) in [6, 6.07) is 10.4. The van der Waals surface area contributed by atoms with Gasteiger partial charge in [0.2, 0.25) is 9.84 Å². The lowest BCUT2D eigenvalue weighted by Gasteiger charge is -2.07. The van der Waals surface area contributed by atoms with E-state index in [4.69, 9.17) is 5.53 Å². The van der Waals surface area contributed by atoms with Crippen LogP contribution in [-0.2, 0) is 23.3 Å². The SMILES string of the molecule is Cn1cc(S(=O)(=O)c2cccc(F)c2)c2c(CCN=[N+]=[N-])cccc21. The summed E-state index contributed by atoms with van der Waals surface area (Å²) < 4.78 is 41.3. The second-order valence-electron chi connectivity index (χ2n) is 5.58. The lowest BCUT2D eigenvalue weighted by atomic mass is 10.1. The quantitative estimate of drug-likeness (QED) is 0.392. The van der Waals surface area contributed by atoms with Gasteiger partial charge < -0.3 is 4.57 Å². The molecule has 0 saturated heterocycles. The van der Waals surface area contributed by atoms with Crippen molar-refractivity contribution in [2.24, 2.45) is 12.2 Å². The number of aryl methyl sites for hydroxylation is 1. The molecule has 3 rings (SSSR count). The summed E-state index contributed by atoms with van der Waals surface area (Å²) in [5.74, 6) is -0.607. The molecule has 128 valence electrons. The van der Waals surface area contributed by atoms with Crippen molar-refractivity contribution in [3.63, 3.8) is 0 Å². The molecule has 6 nitrogen and oxygen atoms in total. The molecule has 0 spiro atoms. The minimum atomic E-state index is -3.88. The van der Waals surface area contributed by atoms with E-state index < -0.39 is 15.7 Å². The Labute approximate surface area is 144 Å². The number of aromatic nitrogens is 1. The van der Waals surface area contributed by atoms with Gasteiger partial charge >= 0.3 is 0 Å². The number of fused-ring (bicyclic) bond motifs is 1. The maximum atomic E-state index is 13.5. The zero-order valence-electron chi connectivity index (χ0n) is 13.4. The van der Waals surface area contributed by atoms with Gasteiger partial charge in [-0.3, -0.25) is 0 Å². The number of benzene rings is 2. The van der Waals surface area contributed by atoms with E-state index >= 15 is 0 Å². The van der Waals surface area contributed by atoms with Crippen LogP contribution in [0, 0.1) is 5.82 Å². The van der Waals surface area contributed by atoms with Gasteiger partial charge in [-0.25, -0.2) is 12.8 Å². The maximum Gasteiger partial charge on any atom is 0.208 e. The van der Waals surface area contributed by atoms with E-state index in [1.807, 2.05) is 12.1 Å². The third kappa shape index (κ3) is 3.09. The lowest BCUT2D eigenvalue weighted by Crippen LogP contribution is -2.03. The monoisotopic (exact) mass is 358 g/mol. The van der Waals surface area contributed by atoms with E-state index in [1.165, 1.54) is 24.4 Å². The number of hydrogen-bond acceptors (Lipinski definition) is 3. The predicted octanol–water partition coefficient (Wildman–Crippen LogP) is 4.00. The Balaban J connectivity index is 2.24. The van der Waals surface area contributed by atoms with Crippen LogP contribution in [0.25, 0.3) is 21.3 Å². The van der Waals surface area contributed by atoms with E-state index in [1.54, 1.807) is 17.7 Å². The third-order valence-corrected chi connectivity index (χ3v) is 5.77. The molecule has 0 aliphatic carbocycles. The second kappa shape index (κ2) is 6.58. The van der Waals surface area contributed by atoms with Crippen LogP contribution in [0.5, 0.6) is 0 Å². The van der Waals surface area contributed by atoms with Gasteiger partial charge in [-0.15, -0.1) is 0 Å². The Hall–Kier alpha value is -2.83. The van der Waals surface area contributed by atoms with Gasteiger partial charge in [-0.05, 0) is 41.8 Å². The molecule has 0 amide bonds. The molecular weight excluding hydrogens is 343 g/mol. The molecule has 0 bridgehead atoms. The molecule has 25 heavy (non-hydrogen) atoms. The average Bonchev–Trinajstić information content (AvgIpc) is 2.94. The van der Waals surface area contributed by atoms with Gasteiger partial charge in [0.15, 0.2) is 0 Å². The zero-order chi connectivity index (χ0) is 18.0. The number of hydrogen-bond donors (Lipinski definition) is 0. The number of nitrogens with zero attached hydrogens (tertiary/aromatic N) is 4. The van der Waals surface area contributed by atoms with E-state index in [2.05, 4.69) is 10.0 Å². The van der Waals surface area contributed by atoms with Crippen molar-refractivity contribution < 1.29 is 12.8 Å². The molecule has 2 aromatic carbocycles. The molecule has 0 unspecified atom stereocenters. The van der Waals surface area contributed by atoms with Gasteiger partial charge in [-0.2, -0.15) is 0 Å². The number of rotatable bonds is 5. The summed E-state index contributed by atoms with van der Waals surface area (Å²) >= 11 is 0. The molecule has 0 fully saturated rings. The molecule has 0 radical (unpaired) electrons. The van der Waals surface area contributed by atoms with Crippen LogP contribution in [0.15, 0.2) is 63.6 Å². The smallest absolute Gasteiger partial charge is 0.208 e. The largest absolute Gasteiger partial charge is 0.349 e. The summed E-state index contributed by atoms with van der Waals surface area (Å²) in [4.78, 5) is 2.75. The first-order valence-electron chi connectivity index (χ1n) is 7.53. The fourth-order valence-corrected chi connectivity index (χ4v) is 4.44. The normalized spacial score (nSPS) is 11.4. The van der Waals surface area contributed by atoms with Crippen molar-refractivity contribution >= 4 is 20.7 Å². The highest BCUT2D eigenvalue weighted by atomic mass is 32.2. The van der Waals surface area contributed by atoms with Crippen LogP contribution in [0.1, 0.15) is 5.56 Å². The van der Waals surface area contributed by atoms with Gasteiger partial charge in [0.1, 0.15) is 5.82 Å². The number of sulfone groups is 1. The molecule has 0 aliphatic heterocycles. The summed E-state index contributed by atoms with van der Waals surface area (Å²) in [6.07, 6.45) is 1.94. The Bertz CT molecular complexity index is 1100. The van der Waals surface area contributed by atoms with Crippen molar-refractivity contribution in [2.75, 3.05) is 6.54 Å². The Morgan fingerprint density at radius 3 is 2.72 bits per heavy atom. The number of azide groups is 1. The van der Waals surface area contributed by atoms with Gasteiger partial charge in [-0.1, -0.05) is 23.3 Å². The summed E-state index contributed by atoms with van der Waals surface area (Å²) in [5, 5.41) is 4.09. The molecule has 0 atom stereocenters. The highest BCUT2D eigenvalue weighted by Gasteiger charge is 2.24. The molecule has 1 heterocycles. The second-order valence-corrected chi connectivity index (χ2v) is 7.50. The van der Waals surface area contributed by atoms with Crippen LogP contribution >= 0.6 is 0 Å². The van der Waals surface area contributed by atoms with Crippen LogP contribution < -0.4 is 0 Å². The van der Waals surface area contributed by atoms with Crippen LogP contribution in [0.3, 0.4) is 0 Å². The zero-order valence-corrected chi connectivity index (χ0v) is 14.2. The van der Waals surface area contributed by atoms with Crippen molar-refractivity contribution in [1.82, 2.24) is 4.57 Å². The molecule has 1 aromatic heterocycles. The number of halogens is 1. The average molecular weight is 358 g/mol. The fourth-order valence-electron chi connectivity index (χ4n) is 2.86. The van der Waals surface area contributed by atoms with E-state index in [0.717, 1.165) is 17.1 Å². The molecule has 8 heteroatoms. The summed E-state index contributed by atoms with van der Waals surface area (Å²) in [5.41, 5.74) is 9.95. The van der Waals surface area contributed by atoms with Gasteiger partial charge in [0.25, 0.3) is 0 Å². The van der Waals surface area contributed by atoms with Crippen molar-refractivity contribution in [1.29, 1.82) is 0 Å². The topological polar surface area (TPSA) is 87.8 Å². The predicted molar refractivity (Wildman–Crippen MR) is 92.5 cm³/mol. The molecule has 0 saturated carbocycles. The molecular formula is C17H15FN4O2S. The van der Waals surface area contributed by atoms with E-state index in [9.17, 15) is 12.8 Å². The molecule has 0 aliphatic rings.